The van der Waals surface area contributed by atoms with Crippen molar-refractivity contribution in [3.63, 3.8) is 0 Å². The Labute approximate surface area is 127 Å². The first-order valence-corrected chi connectivity index (χ1v) is 7.33. The van der Waals surface area contributed by atoms with E-state index in [9.17, 15) is 14.4 Å². The Morgan fingerprint density at radius 3 is 2.68 bits per heavy atom. The van der Waals surface area contributed by atoms with E-state index in [0.717, 1.165) is 28.9 Å². The van der Waals surface area contributed by atoms with Gasteiger partial charge in [-0.3, -0.25) is 9.59 Å². The Morgan fingerprint density at radius 2 is 2.05 bits per heavy atom. The Balaban J connectivity index is 1.83. The molecule has 2 aliphatic carbocycles. The van der Waals surface area contributed by atoms with Gasteiger partial charge < -0.3 is 10.5 Å². The molecule has 114 valence electrons. The number of hydrogen-bond acceptors (Lipinski definition) is 5. The summed E-state index contributed by atoms with van der Waals surface area (Å²) in [5, 5.41) is 0. The van der Waals surface area contributed by atoms with E-state index in [1.165, 1.54) is 6.92 Å². The van der Waals surface area contributed by atoms with Gasteiger partial charge in [-0.2, -0.15) is 0 Å². The van der Waals surface area contributed by atoms with Crippen LogP contribution in [0.5, 0.6) is 0 Å². The lowest BCUT2D eigenvalue weighted by atomic mass is 9.94. The van der Waals surface area contributed by atoms with Gasteiger partial charge >= 0.3 is 6.09 Å². The van der Waals surface area contributed by atoms with Crippen molar-refractivity contribution in [2.45, 2.75) is 37.2 Å². The first kappa shape index (κ1) is 13.3. The number of imide groups is 1. The summed E-state index contributed by atoms with van der Waals surface area (Å²) in [6.45, 7) is 1.11. The number of benzene rings is 1. The van der Waals surface area contributed by atoms with Gasteiger partial charge in [0.1, 0.15) is 5.78 Å². The maximum absolute atomic E-state index is 12.8. The lowest BCUT2D eigenvalue weighted by Gasteiger charge is -2.20. The van der Waals surface area contributed by atoms with Crippen molar-refractivity contribution >= 4 is 23.5 Å². The van der Waals surface area contributed by atoms with E-state index in [1.807, 2.05) is 6.07 Å². The third kappa shape index (κ3) is 1.52. The Bertz CT molecular complexity index is 738. The van der Waals surface area contributed by atoms with Gasteiger partial charge in [0, 0.05) is 23.1 Å². The average molecular weight is 300 g/mol. The molecule has 0 aromatic heterocycles. The first-order chi connectivity index (χ1) is 10.4. The normalized spacial score (nSPS) is 27.4. The quantitative estimate of drug-likeness (QED) is 0.835. The van der Waals surface area contributed by atoms with Crippen LogP contribution >= 0.6 is 0 Å². The van der Waals surface area contributed by atoms with Crippen LogP contribution in [0.15, 0.2) is 18.2 Å². The highest BCUT2D eigenvalue weighted by Gasteiger charge is 2.67. The number of nitrogens with two attached hydrogens (primary N) is 1. The van der Waals surface area contributed by atoms with E-state index >= 15 is 0 Å². The predicted octanol–water partition coefficient (Wildman–Crippen LogP) is 1.47. The van der Waals surface area contributed by atoms with Gasteiger partial charge in [-0.1, -0.05) is 6.07 Å². The number of carbonyl (C=O) groups is 3. The molecular formula is C16H16N2O4. The summed E-state index contributed by atoms with van der Waals surface area (Å²) in [5.41, 5.74) is 6.87. The number of anilines is 1. The zero-order valence-electron chi connectivity index (χ0n) is 12.2. The summed E-state index contributed by atoms with van der Waals surface area (Å²) in [6.07, 6.45) is 1.64. The topological polar surface area (TPSA) is 89.7 Å². The molecule has 1 aliphatic heterocycles. The molecular weight excluding hydrogens is 284 g/mol. The number of carbonyl (C=O) groups excluding carboxylic acids is 3. The van der Waals surface area contributed by atoms with Crippen molar-refractivity contribution in [3.8, 4) is 0 Å². The highest BCUT2D eigenvalue weighted by molar-refractivity contribution is 6.06. The van der Waals surface area contributed by atoms with Gasteiger partial charge in [-0.05, 0) is 37.5 Å². The second kappa shape index (κ2) is 3.88. The third-order valence-electron chi connectivity index (χ3n) is 4.94. The molecule has 1 saturated carbocycles. The van der Waals surface area contributed by atoms with Crippen LogP contribution < -0.4 is 5.73 Å². The lowest BCUT2D eigenvalue weighted by molar-refractivity contribution is -0.139. The zero-order chi connectivity index (χ0) is 15.7. The van der Waals surface area contributed by atoms with Crippen LogP contribution in [0.4, 0.5) is 10.5 Å². The fraction of sp³-hybridized carbons (Fsp3) is 0.438. The van der Waals surface area contributed by atoms with Crippen molar-refractivity contribution in [1.29, 1.82) is 0 Å². The highest BCUT2D eigenvalue weighted by Crippen LogP contribution is 2.64. The number of fused-ring (bicyclic) bond motifs is 3. The van der Waals surface area contributed by atoms with Gasteiger partial charge in [-0.15, -0.1) is 0 Å². The minimum atomic E-state index is -1.27. The first-order valence-electron chi connectivity index (χ1n) is 7.33. The molecule has 22 heavy (non-hydrogen) atoms. The van der Waals surface area contributed by atoms with Crippen LogP contribution in [0.2, 0.25) is 0 Å². The molecule has 1 heterocycles. The minimum absolute atomic E-state index is 0.104. The molecule has 2 amide bonds. The van der Waals surface area contributed by atoms with Crippen LogP contribution in [0, 0.1) is 0 Å². The fourth-order valence-electron chi connectivity index (χ4n) is 3.81. The summed E-state index contributed by atoms with van der Waals surface area (Å²) in [6, 6.07) is 5.38. The van der Waals surface area contributed by atoms with E-state index < -0.39 is 17.6 Å². The van der Waals surface area contributed by atoms with Crippen LogP contribution in [0.1, 0.15) is 37.3 Å². The molecule has 4 rings (SSSR count). The van der Waals surface area contributed by atoms with Crippen LogP contribution in [0.25, 0.3) is 0 Å². The van der Waals surface area contributed by atoms with Crippen LogP contribution in [-0.2, 0) is 25.3 Å². The van der Waals surface area contributed by atoms with Crippen molar-refractivity contribution in [3.05, 3.63) is 29.3 Å². The summed E-state index contributed by atoms with van der Waals surface area (Å²) in [5.74, 6) is -0.679. The molecule has 2 N–H and O–H groups in total. The van der Waals surface area contributed by atoms with E-state index in [2.05, 4.69) is 0 Å². The Hall–Kier alpha value is -2.37. The second-order valence-corrected chi connectivity index (χ2v) is 6.55. The standard InChI is InChI=1S/C16H16N2O4/c1-9(19)7-18-13(20)16(22-14(18)21)8-15(4-5-15)12-6-10(17)2-3-11(12)16/h2-3,6H,4-5,7-8,17H2,1H3. The molecule has 1 atom stereocenters. The number of ketones is 1. The van der Waals surface area contributed by atoms with Gasteiger partial charge in [0.15, 0.2) is 0 Å². The zero-order valence-corrected chi connectivity index (χ0v) is 12.2. The molecule has 1 saturated heterocycles. The van der Waals surface area contributed by atoms with E-state index in [1.54, 1.807) is 12.1 Å². The smallest absolute Gasteiger partial charge is 0.418 e. The Kier molecular flexibility index (Phi) is 2.35. The van der Waals surface area contributed by atoms with Gasteiger partial charge in [0.2, 0.25) is 5.60 Å². The highest BCUT2D eigenvalue weighted by atomic mass is 16.6. The van der Waals surface area contributed by atoms with Gasteiger partial charge in [-0.25, -0.2) is 9.69 Å². The number of hydrogen-bond donors (Lipinski definition) is 1. The van der Waals surface area contributed by atoms with E-state index in [-0.39, 0.29) is 17.7 Å². The van der Waals surface area contributed by atoms with Crippen molar-refractivity contribution < 1.29 is 19.1 Å². The van der Waals surface area contributed by atoms with Crippen LogP contribution in [0.3, 0.4) is 0 Å². The molecule has 0 bridgehead atoms. The number of rotatable bonds is 2. The SMILES string of the molecule is CC(=O)CN1C(=O)OC2(CC3(CC3)c3cc(N)ccc32)C1=O. The predicted molar refractivity (Wildman–Crippen MR) is 76.9 cm³/mol. The van der Waals surface area contributed by atoms with Gasteiger partial charge in [0.25, 0.3) is 5.91 Å². The number of nitrogens with zero attached hydrogens (tertiary/aromatic N) is 1. The van der Waals surface area contributed by atoms with Gasteiger partial charge in [0.05, 0.1) is 6.54 Å². The number of amides is 2. The fourth-order valence-corrected chi connectivity index (χ4v) is 3.81. The van der Waals surface area contributed by atoms with Crippen molar-refractivity contribution in [2.75, 3.05) is 12.3 Å². The molecule has 0 radical (unpaired) electrons. The lowest BCUT2D eigenvalue weighted by Crippen LogP contribution is -2.39. The third-order valence-corrected chi connectivity index (χ3v) is 4.94. The summed E-state index contributed by atoms with van der Waals surface area (Å²) in [4.78, 5) is 37.2. The van der Waals surface area contributed by atoms with Crippen molar-refractivity contribution in [2.24, 2.45) is 0 Å². The second-order valence-electron chi connectivity index (χ2n) is 6.55. The Morgan fingerprint density at radius 1 is 1.32 bits per heavy atom. The molecule has 1 unspecified atom stereocenters. The molecule has 2 spiro atoms. The summed E-state index contributed by atoms with van der Waals surface area (Å²) in [7, 11) is 0. The maximum atomic E-state index is 12.8. The molecule has 1 aromatic rings. The molecule has 6 nitrogen and oxygen atoms in total. The number of Topliss-reactive ketones (excluding diaryl/α,β-unsaturated/α-hetero) is 1. The maximum Gasteiger partial charge on any atom is 0.418 e. The number of ether oxygens (including phenoxy) is 1. The van der Waals surface area contributed by atoms with E-state index in [0.29, 0.717) is 12.1 Å². The van der Waals surface area contributed by atoms with Crippen molar-refractivity contribution in [1.82, 2.24) is 4.90 Å². The summed E-state index contributed by atoms with van der Waals surface area (Å²) >= 11 is 0. The summed E-state index contributed by atoms with van der Waals surface area (Å²) < 4.78 is 5.52. The van der Waals surface area contributed by atoms with Crippen LogP contribution in [-0.4, -0.2) is 29.2 Å². The van der Waals surface area contributed by atoms with E-state index in [4.69, 9.17) is 10.5 Å². The molecule has 2 fully saturated rings. The molecule has 1 aromatic carbocycles. The monoisotopic (exact) mass is 300 g/mol. The molecule has 6 heteroatoms. The average Bonchev–Trinajstić information content (AvgIpc) is 3.12. The minimum Gasteiger partial charge on any atom is -0.427 e. The number of nitrogen functional groups attached to an aromatic ring is 1. The largest absolute Gasteiger partial charge is 0.427 e. The molecule has 3 aliphatic rings.